The molecular weight excluding hydrogens is 307 g/mol. The summed E-state index contributed by atoms with van der Waals surface area (Å²) in [7, 11) is 0. The Balaban J connectivity index is 0.00000220. The van der Waals surface area contributed by atoms with Crippen LogP contribution in [0.5, 0.6) is 11.5 Å². The first kappa shape index (κ1) is 17.9. The minimum atomic E-state index is -4.66. The number of benzene rings is 1. The van der Waals surface area contributed by atoms with Gasteiger partial charge in [0.15, 0.2) is 0 Å². The molecule has 0 bridgehead atoms. The number of hydrogen-bond donors (Lipinski definition) is 1. The highest BCUT2D eigenvalue weighted by atomic mass is 35.5. The van der Waals surface area contributed by atoms with Crippen LogP contribution in [0.15, 0.2) is 24.3 Å². The molecule has 0 spiro atoms. The van der Waals surface area contributed by atoms with Gasteiger partial charge in [0, 0.05) is 6.04 Å². The van der Waals surface area contributed by atoms with Gasteiger partial charge >= 0.3 is 6.36 Å². The summed E-state index contributed by atoms with van der Waals surface area (Å²) in [4.78, 5) is 0. The molecule has 1 N–H and O–H groups in total. The Morgan fingerprint density at radius 3 is 2.29 bits per heavy atom. The molecule has 1 unspecified atom stereocenters. The lowest BCUT2D eigenvalue weighted by Crippen LogP contribution is -2.44. The van der Waals surface area contributed by atoms with Crippen LogP contribution in [-0.2, 0) is 0 Å². The molecular formula is C14H19ClF3NO2. The van der Waals surface area contributed by atoms with Crippen LogP contribution in [0.2, 0.25) is 0 Å². The van der Waals surface area contributed by atoms with Crippen molar-refractivity contribution < 1.29 is 22.6 Å². The number of nitrogens with one attached hydrogen (secondary N) is 1. The van der Waals surface area contributed by atoms with Gasteiger partial charge < -0.3 is 14.8 Å². The van der Waals surface area contributed by atoms with Crippen molar-refractivity contribution in [2.24, 2.45) is 0 Å². The van der Waals surface area contributed by atoms with E-state index in [1.54, 1.807) is 0 Å². The number of hydrogen-bond acceptors (Lipinski definition) is 3. The van der Waals surface area contributed by atoms with Crippen LogP contribution in [-0.4, -0.2) is 25.1 Å². The smallest absolute Gasteiger partial charge is 0.489 e. The molecule has 1 aliphatic heterocycles. The number of halogens is 4. The van der Waals surface area contributed by atoms with E-state index in [9.17, 15) is 13.2 Å². The highest BCUT2D eigenvalue weighted by Gasteiger charge is 2.31. The Morgan fingerprint density at radius 1 is 1.14 bits per heavy atom. The Hall–Kier alpha value is -1.14. The average molecular weight is 326 g/mol. The SMILES string of the molecule is CC(Oc1ccc(OC(F)(F)F)cc1)[C@@H]1CCCCN1.Cl. The second-order valence-electron chi connectivity index (χ2n) is 4.90. The van der Waals surface area contributed by atoms with E-state index in [4.69, 9.17) is 4.74 Å². The third-order valence-corrected chi connectivity index (χ3v) is 3.29. The molecule has 1 aromatic rings. The summed E-state index contributed by atoms with van der Waals surface area (Å²) in [6.07, 6.45) is -1.29. The second kappa shape index (κ2) is 7.75. The van der Waals surface area contributed by atoms with Crippen molar-refractivity contribution in [2.45, 2.75) is 44.7 Å². The van der Waals surface area contributed by atoms with Crippen LogP contribution < -0.4 is 14.8 Å². The lowest BCUT2D eigenvalue weighted by Gasteiger charge is -2.29. The van der Waals surface area contributed by atoms with Crippen LogP contribution in [0.1, 0.15) is 26.2 Å². The third kappa shape index (κ3) is 6.01. The number of alkyl halides is 3. The minimum Gasteiger partial charge on any atom is -0.489 e. The van der Waals surface area contributed by atoms with Gasteiger partial charge in [-0.15, -0.1) is 25.6 Å². The lowest BCUT2D eigenvalue weighted by molar-refractivity contribution is -0.274. The Morgan fingerprint density at radius 2 is 1.76 bits per heavy atom. The van der Waals surface area contributed by atoms with Crippen LogP contribution in [0.4, 0.5) is 13.2 Å². The van der Waals surface area contributed by atoms with E-state index in [0.29, 0.717) is 5.75 Å². The molecule has 1 aromatic carbocycles. The summed E-state index contributed by atoms with van der Waals surface area (Å²) >= 11 is 0. The molecule has 0 saturated carbocycles. The molecule has 21 heavy (non-hydrogen) atoms. The monoisotopic (exact) mass is 325 g/mol. The summed E-state index contributed by atoms with van der Waals surface area (Å²) in [5.74, 6) is 0.299. The molecule has 1 saturated heterocycles. The summed E-state index contributed by atoms with van der Waals surface area (Å²) in [6.45, 7) is 2.94. The van der Waals surface area contributed by atoms with Crippen LogP contribution >= 0.6 is 12.4 Å². The lowest BCUT2D eigenvalue weighted by atomic mass is 10.0. The van der Waals surface area contributed by atoms with Crippen LogP contribution in [0.3, 0.4) is 0 Å². The van der Waals surface area contributed by atoms with E-state index in [0.717, 1.165) is 13.0 Å². The highest BCUT2D eigenvalue weighted by molar-refractivity contribution is 5.85. The van der Waals surface area contributed by atoms with E-state index in [1.807, 2.05) is 6.92 Å². The van der Waals surface area contributed by atoms with Gasteiger partial charge in [-0.1, -0.05) is 6.42 Å². The van der Waals surface area contributed by atoms with Crippen molar-refractivity contribution in [1.29, 1.82) is 0 Å². The Labute approximate surface area is 128 Å². The molecule has 0 aliphatic carbocycles. The maximum absolute atomic E-state index is 12.0. The molecule has 1 heterocycles. The van der Waals surface area contributed by atoms with E-state index in [2.05, 4.69) is 10.1 Å². The van der Waals surface area contributed by atoms with E-state index < -0.39 is 6.36 Å². The van der Waals surface area contributed by atoms with Crippen molar-refractivity contribution >= 4 is 12.4 Å². The second-order valence-corrected chi connectivity index (χ2v) is 4.90. The number of ether oxygens (including phenoxy) is 2. The van der Waals surface area contributed by atoms with Crippen molar-refractivity contribution in [3.8, 4) is 11.5 Å². The quantitative estimate of drug-likeness (QED) is 0.910. The number of piperidine rings is 1. The van der Waals surface area contributed by atoms with E-state index >= 15 is 0 Å². The fraction of sp³-hybridized carbons (Fsp3) is 0.571. The van der Waals surface area contributed by atoms with Crippen molar-refractivity contribution in [1.82, 2.24) is 5.32 Å². The molecule has 1 aliphatic rings. The first-order chi connectivity index (χ1) is 9.44. The van der Waals surface area contributed by atoms with Gasteiger partial charge in [0.25, 0.3) is 0 Å². The van der Waals surface area contributed by atoms with Gasteiger partial charge in [-0.2, -0.15) is 0 Å². The largest absolute Gasteiger partial charge is 0.573 e. The molecule has 2 rings (SSSR count). The first-order valence-electron chi connectivity index (χ1n) is 6.70. The fourth-order valence-electron chi connectivity index (χ4n) is 2.30. The molecule has 0 aromatic heterocycles. The number of rotatable bonds is 4. The Kier molecular flexibility index (Phi) is 6.61. The van der Waals surface area contributed by atoms with Gasteiger partial charge in [0.1, 0.15) is 17.6 Å². The molecule has 1 fully saturated rings. The predicted molar refractivity (Wildman–Crippen MR) is 76.1 cm³/mol. The first-order valence-corrected chi connectivity index (χ1v) is 6.70. The van der Waals surface area contributed by atoms with Crippen LogP contribution in [0.25, 0.3) is 0 Å². The molecule has 0 amide bonds. The van der Waals surface area contributed by atoms with Crippen molar-refractivity contribution in [3.05, 3.63) is 24.3 Å². The minimum absolute atomic E-state index is 0. The molecule has 7 heteroatoms. The van der Waals surface area contributed by atoms with Crippen molar-refractivity contribution in [2.75, 3.05) is 6.54 Å². The maximum Gasteiger partial charge on any atom is 0.573 e. The third-order valence-electron chi connectivity index (χ3n) is 3.29. The topological polar surface area (TPSA) is 30.5 Å². The average Bonchev–Trinajstić information content (AvgIpc) is 2.40. The summed E-state index contributed by atoms with van der Waals surface area (Å²) < 4.78 is 45.6. The zero-order chi connectivity index (χ0) is 14.6. The normalized spacial score (nSPS) is 20.3. The Bertz CT molecular complexity index is 419. The zero-order valence-corrected chi connectivity index (χ0v) is 12.5. The standard InChI is InChI=1S/C14H18F3NO2.ClH/c1-10(13-4-2-3-9-18-13)19-11-5-7-12(8-6-11)20-14(15,16)17;/h5-8,10,13,18H,2-4,9H2,1H3;1H/t10?,13-;/m0./s1. The highest BCUT2D eigenvalue weighted by Crippen LogP contribution is 2.25. The van der Waals surface area contributed by atoms with Crippen molar-refractivity contribution in [3.63, 3.8) is 0 Å². The molecule has 0 radical (unpaired) electrons. The zero-order valence-electron chi connectivity index (χ0n) is 11.7. The van der Waals surface area contributed by atoms with Gasteiger partial charge in [0.05, 0.1) is 0 Å². The van der Waals surface area contributed by atoms with Gasteiger partial charge in [0.2, 0.25) is 0 Å². The molecule has 2 atom stereocenters. The molecule has 3 nitrogen and oxygen atoms in total. The summed E-state index contributed by atoms with van der Waals surface area (Å²) in [6, 6.07) is 5.77. The van der Waals surface area contributed by atoms with Crippen LogP contribution in [0, 0.1) is 0 Å². The summed E-state index contributed by atoms with van der Waals surface area (Å²) in [5.41, 5.74) is 0. The van der Waals surface area contributed by atoms with Gasteiger partial charge in [-0.3, -0.25) is 0 Å². The van der Waals surface area contributed by atoms with Gasteiger partial charge in [-0.25, -0.2) is 0 Å². The predicted octanol–water partition coefficient (Wildman–Crippen LogP) is 3.92. The fourth-order valence-corrected chi connectivity index (χ4v) is 2.30. The maximum atomic E-state index is 12.0. The summed E-state index contributed by atoms with van der Waals surface area (Å²) in [5, 5.41) is 3.38. The van der Waals surface area contributed by atoms with Gasteiger partial charge in [-0.05, 0) is 50.6 Å². The van der Waals surface area contributed by atoms with E-state index in [-0.39, 0.29) is 30.3 Å². The van der Waals surface area contributed by atoms with E-state index in [1.165, 1.54) is 37.1 Å². The molecule has 120 valence electrons.